The molecule has 5 nitrogen and oxygen atoms in total. The highest BCUT2D eigenvalue weighted by molar-refractivity contribution is 5.91. The molecule has 0 aliphatic carbocycles. The summed E-state index contributed by atoms with van der Waals surface area (Å²) in [6.07, 6.45) is 0. The second-order valence-electron chi connectivity index (χ2n) is 7.83. The summed E-state index contributed by atoms with van der Waals surface area (Å²) in [6, 6.07) is 26.7. The zero-order valence-corrected chi connectivity index (χ0v) is 18.3. The fourth-order valence-electron chi connectivity index (χ4n) is 3.55. The third-order valence-corrected chi connectivity index (χ3v) is 5.26. The maximum atomic E-state index is 5.30. The molecule has 3 aromatic carbocycles. The van der Waals surface area contributed by atoms with E-state index in [1.165, 1.54) is 5.56 Å². The monoisotopic (exact) mass is 412 g/mol. The van der Waals surface area contributed by atoms with Crippen LogP contribution in [0, 0.1) is 0 Å². The van der Waals surface area contributed by atoms with E-state index >= 15 is 0 Å². The molecular formula is C26H28N4O. The summed E-state index contributed by atoms with van der Waals surface area (Å²) in [6.45, 7) is 2.59. The molecule has 1 aromatic heterocycles. The van der Waals surface area contributed by atoms with Gasteiger partial charge in [-0.1, -0.05) is 42.5 Å². The Morgan fingerprint density at radius 2 is 1.48 bits per heavy atom. The molecule has 4 aromatic rings. The molecule has 0 aliphatic rings. The van der Waals surface area contributed by atoms with Gasteiger partial charge in [-0.05, 0) is 56.1 Å². The molecule has 31 heavy (non-hydrogen) atoms. The van der Waals surface area contributed by atoms with Crippen molar-refractivity contribution in [2.45, 2.75) is 6.54 Å². The van der Waals surface area contributed by atoms with Crippen LogP contribution in [0.15, 0.2) is 78.9 Å². The lowest BCUT2D eigenvalue weighted by atomic mass is 10.1. The van der Waals surface area contributed by atoms with Crippen molar-refractivity contribution >= 4 is 16.7 Å². The molecule has 1 heterocycles. The highest BCUT2D eigenvalue weighted by atomic mass is 16.5. The minimum atomic E-state index is 0.722. The Labute approximate surface area is 183 Å². The lowest BCUT2D eigenvalue weighted by molar-refractivity contribution is 0.412. The van der Waals surface area contributed by atoms with Gasteiger partial charge in [0.05, 0.1) is 12.6 Å². The van der Waals surface area contributed by atoms with Crippen LogP contribution in [-0.2, 0) is 6.54 Å². The number of anilines is 1. The number of para-hydroxylation sites is 1. The number of methoxy groups -OCH3 is 1. The van der Waals surface area contributed by atoms with Gasteiger partial charge in [-0.25, -0.2) is 9.97 Å². The maximum absolute atomic E-state index is 5.30. The molecule has 0 fully saturated rings. The summed E-state index contributed by atoms with van der Waals surface area (Å²) in [5.41, 5.74) is 3.18. The average Bonchev–Trinajstić information content (AvgIpc) is 2.81. The minimum Gasteiger partial charge on any atom is -0.497 e. The van der Waals surface area contributed by atoms with Crippen LogP contribution in [-0.4, -0.2) is 49.2 Å². The van der Waals surface area contributed by atoms with Gasteiger partial charge in [-0.15, -0.1) is 0 Å². The Morgan fingerprint density at radius 1 is 0.774 bits per heavy atom. The molecule has 0 saturated heterocycles. The van der Waals surface area contributed by atoms with Gasteiger partial charge in [-0.3, -0.25) is 0 Å². The van der Waals surface area contributed by atoms with Crippen molar-refractivity contribution in [3.63, 3.8) is 0 Å². The second kappa shape index (κ2) is 9.58. The van der Waals surface area contributed by atoms with E-state index in [2.05, 4.69) is 72.4 Å². The number of rotatable bonds is 8. The van der Waals surface area contributed by atoms with Crippen LogP contribution < -0.4 is 9.64 Å². The lowest BCUT2D eigenvalue weighted by Crippen LogP contribution is -2.32. The van der Waals surface area contributed by atoms with Crippen molar-refractivity contribution in [2.75, 3.05) is 39.2 Å². The molecule has 0 N–H and O–H groups in total. The molecule has 0 bridgehead atoms. The third-order valence-electron chi connectivity index (χ3n) is 5.26. The van der Waals surface area contributed by atoms with E-state index in [0.717, 1.165) is 53.5 Å². The Bertz CT molecular complexity index is 1130. The zero-order chi connectivity index (χ0) is 21.6. The Hall–Kier alpha value is -3.44. The summed E-state index contributed by atoms with van der Waals surface area (Å²) >= 11 is 0. The summed E-state index contributed by atoms with van der Waals surface area (Å²) < 4.78 is 5.30. The summed E-state index contributed by atoms with van der Waals surface area (Å²) in [5, 5.41) is 1.06. The first-order valence-electron chi connectivity index (χ1n) is 10.5. The Morgan fingerprint density at radius 3 is 2.19 bits per heavy atom. The number of hydrogen-bond acceptors (Lipinski definition) is 5. The van der Waals surface area contributed by atoms with Crippen LogP contribution >= 0.6 is 0 Å². The van der Waals surface area contributed by atoms with E-state index in [9.17, 15) is 0 Å². The SMILES string of the molecule is COc1ccc(-c2nc(N(CCN(C)C)Cc3ccccc3)c3ccccc3n2)cc1. The first-order valence-corrected chi connectivity index (χ1v) is 10.5. The quantitative estimate of drug-likeness (QED) is 0.413. The van der Waals surface area contributed by atoms with Gasteiger partial charge in [-0.2, -0.15) is 0 Å². The number of aromatic nitrogens is 2. The van der Waals surface area contributed by atoms with Crippen molar-refractivity contribution in [1.29, 1.82) is 0 Å². The lowest BCUT2D eigenvalue weighted by Gasteiger charge is -2.27. The van der Waals surface area contributed by atoms with Crippen LogP contribution in [0.2, 0.25) is 0 Å². The van der Waals surface area contributed by atoms with Crippen molar-refractivity contribution in [1.82, 2.24) is 14.9 Å². The molecule has 5 heteroatoms. The fraction of sp³-hybridized carbons (Fsp3) is 0.231. The maximum Gasteiger partial charge on any atom is 0.162 e. The molecule has 0 spiro atoms. The van der Waals surface area contributed by atoms with E-state index in [1.54, 1.807) is 7.11 Å². The second-order valence-corrected chi connectivity index (χ2v) is 7.83. The number of ether oxygens (including phenoxy) is 1. The molecule has 158 valence electrons. The predicted molar refractivity (Wildman–Crippen MR) is 128 cm³/mol. The summed E-state index contributed by atoms with van der Waals surface area (Å²) in [5.74, 6) is 2.50. The first-order chi connectivity index (χ1) is 15.1. The largest absolute Gasteiger partial charge is 0.497 e. The van der Waals surface area contributed by atoms with Crippen molar-refractivity contribution in [3.8, 4) is 17.1 Å². The Balaban J connectivity index is 1.80. The highest BCUT2D eigenvalue weighted by Gasteiger charge is 2.16. The van der Waals surface area contributed by atoms with Crippen LogP contribution in [0.5, 0.6) is 5.75 Å². The highest BCUT2D eigenvalue weighted by Crippen LogP contribution is 2.29. The molecule has 0 unspecified atom stereocenters. The van der Waals surface area contributed by atoms with Gasteiger partial charge in [0.25, 0.3) is 0 Å². The van der Waals surface area contributed by atoms with Gasteiger partial charge in [0.2, 0.25) is 0 Å². The van der Waals surface area contributed by atoms with E-state index in [1.807, 2.05) is 30.3 Å². The number of benzene rings is 3. The average molecular weight is 413 g/mol. The van der Waals surface area contributed by atoms with Crippen molar-refractivity contribution in [3.05, 3.63) is 84.4 Å². The van der Waals surface area contributed by atoms with Crippen LogP contribution in [0.3, 0.4) is 0 Å². The van der Waals surface area contributed by atoms with Crippen LogP contribution in [0.4, 0.5) is 5.82 Å². The van der Waals surface area contributed by atoms with E-state index < -0.39 is 0 Å². The van der Waals surface area contributed by atoms with Crippen LogP contribution in [0.25, 0.3) is 22.3 Å². The molecule has 4 rings (SSSR count). The van der Waals surface area contributed by atoms with Gasteiger partial charge in [0, 0.05) is 30.6 Å². The number of fused-ring (bicyclic) bond motifs is 1. The number of hydrogen-bond donors (Lipinski definition) is 0. The summed E-state index contributed by atoms with van der Waals surface area (Å²) in [7, 11) is 5.87. The van der Waals surface area contributed by atoms with Gasteiger partial charge < -0.3 is 14.5 Å². The van der Waals surface area contributed by atoms with Crippen molar-refractivity contribution in [2.24, 2.45) is 0 Å². The molecule has 0 atom stereocenters. The van der Waals surface area contributed by atoms with E-state index in [0.29, 0.717) is 0 Å². The third kappa shape index (κ3) is 5.01. The zero-order valence-electron chi connectivity index (χ0n) is 18.3. The molecule has 0 saturated carbocycles. The van der Waals surface area contributed by atoms with Gasteiger partial charge >= 0.3 is 0 Å². The molecule has 0 amide bonds. The van der Waals surface area contributed by atoms with Crippen molar-refractivity contribution < 1.29 is 4.74 Å². The van der Waals surface area contributed by atoms with E-state index in [4.69, 9.17) is 14.7 Å². The number of likely N-dealkylation sites (N-methyl/N-ethyl adjacent to an activating group) is 1. The number of nitrogens with zero attached hydrogens (tertiary/aromatic N) is 4. The molecular weight excluding hydrogens is 384 g/mol. The van der Waals surface area contributed by atoms with E-state index in [-0.39, 0.29) is 0 Å². The minimum absolute atomic E-state index is 0.722. The van der Waals surface area contributed by atoms with Gasteiger partial charge in [0.1, 0.15) is 11.6 Å². The topological polar surface area (TPSA) is 41.5 Å². The predicted octanol–water partition coefficient (Wildman–Crippen LogP) is 4.87. The Kier molecular flexibility index (Phi) is 6.43. The molecule has 0 aliphatic heterocycles. The first kappa shape index (κ1) is 20.8. The van der Waals surface area contributed by atoms with Crippen LogP contribution in [0.1, 0.15) is 5.56 Å². The summed E-state index contributed by atoms with van der Waals surface area (Å²) in [4.78, 5) is 14.5. The van der Waals surface area contributed by atoms with Gasteiger partial charge in [0.15, 0.2) is 5.82 Å². The fourth-order valence-corrected chi connectivity index (χ4v) is 3.55. The normalized spacial score (nSPS) is 11.1. The molecule has 0 radical (unpaired) electrons. The standard InChI is InChI=1S/C26H28N4O/c1-29(2)17-18-30(19-20-9-5-4-6-10-20)26-23-11-7-8-12-24(23)27-25(28-26)21-13-15-22(31-3)16-14-21/h4-16H,17-19H2,1-3H3. The smallest absolute Gasteiger partial charge is 0.162 e.